The number of hydrogen-bond donors (Lipinski definition) is 0. The molecule has 0 aliphatic carbocycles. The molecular formula is C90H55N9O. The summed E-state index contributed by atoms with van der Waals surface area (Å²) in [7, 11) is 0. The van der Waals surface area contributed by atoms with Crippen LogP contribution in [-0.2, 0) is 0 Å². The molecule has 0 N–H and O–H groups in total. The summed E-state index contributed by atoms with van der Waals surface area (Å²) in [5.41, 5.74) is 21.2. The second kappa shape index (κ2) is 23.0. The summed E-state index contributed by atoms with van der Waals surface area (Å²) >= 11 is 0. The summed E-state index contributed by atoms with van der Waals surface area (Å²) < 4.78 is 14.3. The highest BCUT2D eigenvalue weighted by Crippen LogP contribution is 2.45. The van der Waals surface area contributed by atoms with Gasteiger partial charge in [-0.1, -0.05) is 212 Å². The summed E-state index contributed by atoms with van der Waals surface area (Å²) in [6.45, 7) is 0. The Kier molecular flexibility index (Phi) is 13.0. The lowest BCUT2D eigenvalue weighted by Crippen LogP contribution is -2.00. The fraction of sp³-hybridized carbons (Fsp3) is 0. The first kappa shape index (κ1) is 56.6. The number of hydrogen-bond acceptors (Lipinski definition) is 7. The molecule has 20 rings (SSSR count). The summed E-state index contributed by atoms with van der Waals surface area (Å²) in [6, 6.07) is 117. The van der Waals surface area contributed by atoms with Gasteiger partial charge < -0.3 is 18.1 Å². The van der Waals surface area contributed by atoms with Gasteiger partial charge in [0, 0.05) is 93.7 Å². The van der Waals surface area contributed by atoms with Crippen LogP contribution < -0.4 is 0 Å². The Morgan fingerprint density at radius 1 is 0.190 bits per heavy atom. The highest BCUT2D eigenvalue weighted by Gasteiger charge is 2.23. The van der Waals surface area contributed by atoms with Gasteiger partial charge in [-0.05, 0) is 138 Å². The number of furan rings is 1. The third-order valence-electron chi connectivity index (χ3n) is 19.6. The molecule has 0 amide bonds. The van der Waals surface area contributed by atoms with Crippen molar-refractivity contribution in [2.24, 2.45) is 0 Å². The van der Waals surface area contributed by atoms with Crippen LogP contribution in [0.5, 0.6) is 0 Å². The molecule has 0 fully saturated rings. The van der Waals surface area contributed by atoms with Crippen LogP contribution in [0.25, 0.3) is 195 Å². The molecule has 6 heterocycles. The summed E-state index contributed by atoms with van der Waals surface area (Å²) in [5, 5.41) is 9.05. The molecule has 0 aliphatic rings. The Hall–Kier alpha value is -13.7. The van der Waals surface area contributed by atoms with Crippen LogP contribution in [0.2, 0.25) is 0 Å². The van der Waals surface area contributed by atoms with E-state index in [2.05, 4.69) is 256 Å². The van der Waals surface area contributed by atoms with Crippen molar-refractivity contribution in [1.82, 2.24) is 43.6 Å². The van der Waals surface area contributed by atoms with Gasteiger partial charge in [0.2, 0.25) is 0 Å². The van der Waals surface area contributed by atoms with E-state index >= 15 is 0 Å². The van der Waals surface area contributed by atoms with Gasteiger partial charge in [-0.15, -0.1) is 0 Å². The second-order valence-corrected chi connectivity index (χ2v) is 25.4. The van der Waals surface area contributed by atoms with Gasteiger partial charge in [0.15, 0.2) is 34.9 Å². The lowest BCUT2D eigenvalue weighted by molar-refractivity contribution is 0.674. The summed E-state index contributed by atoms with van der Waals surface area (Å²) in [4.78, 5) is 30.6. The van der Waals surface area contributed by atoms with Crippen molar-refractivity contribution in [2.45, 2.75) is 0 Å². The predicted molar refractivity (Wildman–Crippen MR) is 407 cm³/mol. The molecule has 0 saturated heterocycles. The van der Waals surface area contributed by atoms with Gasteiger partial charge in [-0.25, -0.2) is 29.9 Å². The Morgan fingerprint density at radius 3 is 1.02 bits per heavy atom. The maximum absolute atomic E-state index is 7.25. The summed E-state index contributed by atoms with van der Waals surface area (Å²) in [5.74, 6) is 3.58. The Bertz CT molecular complexity index is 6560. The number of benzene rings is 14. The lowest BCUT2D eigenvalue weighted by atomic mass is 10.00. The van der Waals surface area contributed by atoms with E-state index in [1.165, 1.54) is 38.1 Å². The standard InChI is InChI=1S/C90H55N9O/c1-5-21-56(22-6-1)85-91-86(57-23-7-2-8-24-57)93-88(92-85)59-41-47-67(48-42-59)99-78-38-18-15-33-73(78)82-81(99)52-49-72-71-35-20-34-68(83(71)100-84(72)82)63-27-19-28-64(53-63)90-95-87(58-25-9-3-10-26-58)94-89(96-90)60-39-45-66(46-40-60)98-77-37-17-14-32-70(77)75-55-62(44-51-80(75)98)61-43-50-79-74(54-61)69-31-13-16-36-76(69)97(79)65-29-11-4-12-30-65/h1-55H. The van der Waals surface area contributed by atoms with Crippen LogP contribution in [0.4, 0.5) is 0 Å². The highest BCUT2D eigenvalue weighted by atomic mass is 16.3. The Balaban J connectivity index is 0.643. The molecule has 0 bridgehead atoms. The van der Waals surface area contributed by atoms with Crippen molar-refractivity contribution >= 4 is 87.4 Å². The molecule has 0 spiro atoms. The van der Waals surface area contributed by atoms with Crippen LogP contribution in [-0.4, -0.2) is 43.6 Å². The number of fused-ring (bicyclic) bond motifs is 13. The van der Waals surface area contributed by atoms with Crippen molar-refractivity contribution in [3.8, 4) is 108 Å². The molecule has 0 atom stereocenters. The first-order valence-corrected chi connectivity index (χ1v) is 33.6. The van der Waals surface area contributed by atoms with Crippen molar-refractivity contribution in [1.29, 1.82) is 0 Å². The van der Waals surface area contributed by atoms with Crippen molar-refractivity contribution < 1.29 is 4.42 Å². The third-order valence-corrected chi connectivity index (χ3v) is 19.6. The van der Waals surface area contributed by atoms with Gasteiger partial charge >= 0.3 is 0 Å². The molecule has 20 aromatic rings. The van der Waals surface area contributed by atoms with E-state index < -0.39 is 0 Å². The Labute approximate surface area is 573 Å². The van der Waals surface area contributed by atoms with Crippen molar-refractivity contribution in [2.75, 3.05) is 0 Å². The van der Waals surface area contributed by atoms with Crippen LogP contribution in [0.3, 0.4) is 0 Å². The maximum Gasteiger partial charge on any atom is 0.164 e. The molecule has 0 saturated carbocycles. The van der Waals surface area contributed by atoms with E-state index in [0.717, 1.165) is 122 Å². The monoisotopic (exact) mass is 1280 g/mol. The number of nitrogens with zero attached hydrogens (tertiary/aromatic N) is 9. The average molecular weight is 1280 g/mol. The largest absolute Gasteiger partial charge is 0.455 e. The molecule has 10 heteroatoms. The molecule has 466 valence electrons. The quantitative estimate of drug-likeness (QED) is 0.127. The third kappa shape index (κ3) is 9.34. The first-order chi connectivity index (χ1) is 49.6. The zero-order valence-corrected chi connectivity index (χ0v) is 53.7. The smallest absolute Gasteiger partial charge is 0.164 e. The van der Waals surface area contributed by atoms with E-state index in [0.29, 0.717) is 34.9 Å². The van der Waals surface area contributed by atoms with E-state index in [-0.39, 0.29) is 0 Å². The van der Waals surface area contributed by atoms with Crippen LogP contribution in [0.1, 0.15) is 0 Å². The van der Waals surface area contributed by atoms with Crippen molar-refractivity contribution in [3.63, 3.8) is 0 Å². The molecule has 10 nitrogen and oxygen atoms in total. The lowest BCUT2D eigenvalue weighted by Gasteiger charge is -2.11. The topological polar surface area (TPSA) is 105 Å². The molecule has 100 heavy (non-hydrogen) atoms. The van der Waals surface area contributed by atoms with E-state index in [4.69, 9.17) is 34.3 Å². The van der Waals surface area contributed by atoms with Gasteiger partial charge in [0.25, 0.3) is 0 Å². The maximum atomic E-state index is 7.25. The number of para-hydroxylation sites is 5. The van der Waals surface area contributed by atoms with Gasteiger partial charge in [0.05, 0.1) is 38.5 Å². The fourth-order valence-electron chi connectivity index (χ4n) is 14.9. The highest BCUT2D eigenvalue weighted by molar-refractivity contribution is 6.25. The van der Waals surface area contributed by atoms with Gasteiger partial charge in [0.1, 0.15) is 11.2 Å². The van der Waals surface area contributed by atoms with Crippen molar-refractivity contribution in [3.05, 3.63) is 334 Å². The average Bonchev–Trinajstić information content (AvgIpc) is 1.56. The van der Waals surface area contributed by atoms with Gasteiger partial charge in [-0.3, -0.25) is 0 Å². The zero-order chi connectivity index (χ0) is 65.8. The van der Waals surface area contributed by atoms with Crippen LogP contribution >= 0.6 is 0 Å². The molecular weight excluding hydrogens is 1220 g/mol. The van der Waals surface area contributed by atoms with Crippen LogP contribution in [0, 0.1) is 0 Å². The Morgan fingerprint density at radius 2 is 0.520 bits per heavy atom. The van der Waals surface area contributed by atoms with E-state index in [1.807, 2.05) is 91.0 Å². The van der Waals surface area contributed by atoms with E-state index in [1.54, 1.807) is 0 Å². The second-order valence-electron chi connectivity index (χ2n) is 25.4. The number of rotatable bonds is 11. The fourth-order valence-corrected chi connectivity index (χ4v) is 14.9. The zero-order valence-electron chi connectivity index (χ0n) is 53.7. The molecule has 0 unspecified atom stereocenters. The normalized spacial score (nSPS) is 11.8. The first-order valence-electron chi connectivity index (χ1n) is 33.6. The van der Waals surface area contributed by atoms with Gasteiger partial charge in [-0.2, -0.15) is 0 Å². The summed E-state index contributed by atoms with van der Waals surface area (Å²) in [6.07, 6.45) is 0. The predicted octanol–water partition coefficient (Wildman–Crippen LogP) is 22.6. The minimum Gasteiger partial charge on any atom is -0.455 e. The van der Waals surface area contributed by atoms with E-state index in [9.17, 15) is 0 Å². The molecule has 0 radical (unpaired) electrons. The molecule has 0 aliphatic heterocycles. The molecule has 14 aromatic carbocycles. The van der Waals surface area contributed by atoms with Crippen LogP contribution in [0.15, 0.2) is 338 Å². The molecule has 6 aromatic heterocycles. The number of aromatic nitrogens is 9. The SMILES string of the molecule is c1ccc(-c2nc(-c3ccccc3)nc(-c3ccc(-n4c5ccccc5c5c6oc7c(-c8cccc(-c9nc(-c%10ccccc%10)nc(-c%10ccc(-n%11c%12ccccc%12c%12cc(-c%13ccc%14c(c%13)c%13ccccc%13n%14-c%13ccccc%13)ccc%12%11)cc%10)n9)c8)cccc7c6ccc54)cc3)n2)cc1. The minimum absolute atomic E-state index is 0.565. The minimum atomic E-state index is 0.565.